The van der Waals surface area contributed by atoms with Gasteiger partial charge in [0.2, 0.25) is 5.91 Å². The van der Waals surface area contributed by atoms with Crippen molar-refractivity contribution in [2.24, 2.45) is 0 Å². The van der Waals surface area contributed by atoms with E-state index in [0.717, 1.165) is 37.9 Å². The van der Waals surface area contributed by atoms with Gasteiger partial charge in [0.05, 0.1) is 16.0 Å². The minimum atomic E-state index is -0.140. The third kappa shape index (κ3) is 4.51. The number of nitrogens with one attached hydrogen (secondary N) is 1. The summed E-state index contributed by atoms with van der Waals surface area (Å²) in [7, 11) is 0. The van der Waals surface area contributed by atoms with Crippen molar-refractivity contribution < 1.29 is 9.59 Å². The summed E-state index contributed by atoms with van der Waals surface area (Å²) in [6.07, 6.45) is 0.894. The lowest BCUT2D eigenvalue weighted by Gasteiger charge is -2.22. The van der Waals surface area contributed by atoms with Gasteiger partial charge in [0.25, 0.3) is 5.91 Å². The number of aromatic nitrogens is 1. The van der Waals surface area contributed by atoms with E-state index in [-0.39, 0.29) is 17.9 Å². The van der Waals surface area contributed by atoms with Gasteiger partial charge in [-0.05, 0) is 62.2 Å². The quantitative estimate of drug-likeness (QED) is 0.365. The molecule has 0 saturated heterocycles. The van der Waals surface area contributed by atoms with Crippen LogP contribution in [0.4, 0.5) is 11.4 Å². The Labute approximate surface area is 200 Å². The van der Waals surface area contributed by atoms with Crippen LogP contribution in [0, 0.1) is 6.92 Å². The summed E-state index contributed by atoms with van der Waals surface area (Å²) in [4.78, 5) is 32.1. The summed E-state index contributed by atoms with van der Waals surface area (Å²) >= 11 is 3.00. The zero-order valence-electron chi connectivity index (χ0n) is 18.4. The van der Waals surface area contributed by atoms with Gasteiger partial charge in [-0.25, -0.2) is 4.98 Å². The van der Waals surface area contributed by atoms with Crippen molar-refractivity contribution in [3.05, 3.63) is 83.4 Å². The fourth-order valence-electron chi connectivity index (χ4n) is 4.09. The maximum atomic E-state index is 13.0. The van der Waals surface area contributed by atoms with E-state index in [4.69, 9.17) is 0 Å². The van der Waals surface area contributed by atoms with Crippen molar-refractivity contribution in [3.63, 3.8) is 0 Å². The van der Waals surface area contributed by atoms with Crippen LogP contribution in [0.15, 0.2) is 71.1 Å². The van der Waals surface area contributed by atoms with Gasteiger partial charge < -0.3 is 10.2 Å². The largest absolute Gasteiger partial charge is 0.322 e. The summed E-state index contributed by atoms with van der Waals surface area (Å²) in [6.45, 7) is 4.08. The Kier molecular flexibility index (Phi) is 5.91. The third-order valence-electron chi connectivity index (χ3n) is 5.74. The monoisotopic (exact) mass is 473 g/mol. The number of hydrogen-bond acceptors (Lipinski definition) is 5. The predicted molar refractivity (Wildman–Crippen MR) is 137 cm³/mol. The second kappa shape index (κ2) is 9.00. The Morgan fingerprint density at radius 3 is 2.73 bits per heavy atom. The molecule has 1 aliphatic heterocycles. The Balaban J connectivity index is 1.26. The number of hydrogen-bond donors (Lipinski definition) is 1. The number of carbonyl (C=O) groups excluding carboxylic acids is 2. The minimum Gasteiger partial charge on any atom is -0.322 e. The standard InChI is InChI=1S/C26H23N3O2S2/c1-16-7-9-18(10-8-16)25(31)27-20-11-12-21-23(14-20)33-26(28-21)32-15-24(30)29-17(2)13-19-5-3-4-6-22(19)29/h3-12,14,17H,13,15H2,1-2H3,(H,27,31)/t17-/m1/s1. The van der Waals surface area contributed by atoms with E-state index in [2.05, 4.69) is 23.3 Å². The van der Waals surface area contributed by atoms with Crippen LogP contribution < -0.4 is 10.2 Å². The van der Waals surface area contributed by atoms with Gasteiger partial charge in [0.1, 0.15) is 0 Å². The van der Waals surface area contributed by atoms with Crippen LogP contribution in [0.25, 0.3) is 10.2 Å². The summed E-state index contributed by atoms with van der Waals surface area (Å²) < 4.78 is 1.83. The number of thiazole rings is 1. The molecule has 0 spiro atoms. The number of nitrogens with zero attached hydrogens (tertiary/aromatic N) is 2. The zero-order chi connectivity index (χ0) is 22.9. The van der Waals surface area contributed by atoms with Crippen molar-refractivity contribution in [3.8, 4) is 0 Å². The Bertz CT molecular complexity index is 1350. The molecule has 33 heavy (non-hydrogen) atoms. The predicted octanol–water partition coefficient (Wildman–Crippen LogP) is 5.93. The van der Waals surface area contributed by atoms with Gasteiger partial charge in [-0.15, -0.1) is 11.3 Å². The van der Waals surface area contributed by atoms with Crippen LogP contribution in [0.3, 0.4) is 0 Å². The molecule has 5 rings (SSSR count). The Morgan fingerprint density at radius 1 is 1.12 bits per heavy atom. The van der Waals surface area contributed by atoms with E-state index >= 15 is 0 Å². The number of benzene rings is 3. The van der Waals surface area contributed by atoms with Crippen molar-refractivity contribution in [1.82, 2.24) is 4.98 Å². The van der Waals surface area contributed by atoms with Crippen molar-refractivity contribution in [1.29, 1.82) is 0 Å². The summed E-state index contributed by atoms with van der Waals surface area (Å²) in [5, 5.41) is 2.95. The normalized spacial score (nSPS) is 15.0. The first-order valence-electron chi connectivity index (χ1n) is 10.8. The van der Waals surface area contributed by atoms with Crippen molar-refractivity contribution in [2.75, 3.05) is 16.0 Å². The highest BCUT2D eigenvalue weighted by atomic mass is 32.2. The third-order valence-corrected chi connectivity index (χ3v) is 7.88. The van der Waals surface area contributed by atoms with Gasteiger partial charge in [-0.1, -0.05) is 47.7 Å². The summed E-state index contributed by atoms with van der Waals surface area (Å²) in [6, 6.07) is 21.5. The highest BCUT2D eigenvalue weighted by Gasteiger charge is 2.30. The number of para-hydroxylation sites is 1. The van der Waals surface area contributed by atoms with E-state index in [9.17, 15) is 9.59 Å². The van der Waals surface area contributed by atoms with Crippen molar-refractivity contribution in [2.45, 2.75) is 30.6 Å². The number of aryl methyl sites for hydroxylation is 1. The number of carbonyl (C=O) groups is 2. The molecule has 0 fully saturated rings. The second-order valence-corrected chi connectivity index (χ2v) is 10.5. The molecule has 1 aliphatic rings. The van der Waals surface area contributed by atoms with Crippen LogP contribution in [0.2, 0.25) is 0 Å². The lowest BCUT2D eigenvalue weighted by molar-refractivity contribution is -0.116. The molecule has 1 N–H and O–H groups in total. The fraction of sp³-hybridized carbons (Fsp3) is 0.192. The number of rotatable bonds is 5. The van der Waals surface area contributed by atoms with Gasteiger partial charge in [0.15, 0.2) is 4.34 Å². The molecule has 3 aromatic carbocycles. The molecular weight excluding hydrogens is 450 g/mol. The van der Waals surface area contributed by atoms with Crippen LogP contribution in [0.5, 0.6) is 0 Å². The molecule has 2 amide bonds. The minimum absolute atomic E-state index is 0.0998. The number of fused-ring (bicyclic) bond motifs is 2. The van der Waals surface area contributed by atoms with E-state index in [1.54, 1.807) is 0 Å². The fourth-order valence-corrected chi connectivity index (χ4v) is 6.06. The Hall–Kier alpha value is -3.16. The van der Waals surface area contributed by atoms with Gasteiger partial charge in [-0.2, -0.15) is 0 Å². The smallest absolute Gasteiger partial charge is 0.255 e. The van der Waals surface area contributed by atoms with Crippen LogP contribution in [-0.2, 0) is 11.2 Å². The average molecular weight is 474 g/mol. The molecular formula is C26H23N3O2S2. The molecule has 2 heterocycles. The van der Waals surface area contributed by atoms with E-state index < -0.39 is 0 Å². The highest BCUT2D eigenvalue weighted by Crippen LogP contribution is 2.35. The second-order valence-electron chi connectivity index (χ2n) is 8.22. The molecule has 1 atom stereocenters. The molecule has 7 heteroatoms. The van der Waals surface area contributed by atoms with E-state index in [0.29, 0.717) is 11.3 Å². The lowest BCUT2D eigenvalue weighted by atomic mass is 10.1. The maximum absolute atomic E-state index is 13.0. The number of thioether (sulfide) groups is 1. The molecule has 5 nitrogen and oxygen atoms in total. The first kappa shape index (κ1) is 21.7. The van der Waals surface area contributed by atoms with Gasteiger partial charge >= 0.3 is 0 Å². The van der Waals surface area contributed by atoms with E-state index in [1.807, 2.05) is 72.5 Å². The van der Waals surface area contributed by atoms with Crippen LogP contribution >= 0.6 is 23.1 Å². The van der Waals surface area contributed by atoms with Crippen molar-refractivity contribution >= 4 is 56.5 Å². The van der Waals surface area contributed by atoms with E-state index in [1.165, 1.54) is 28.7 Å². The van der Waals surface area contributed by atoms with Gasteiger partial charge in [-0.3, -0.25) is 9.59 Å². The first-order chi connectivity index (χ1) is 16.0. The number of amides is 2. The molecule has 0 radical (unpaired) electrons. The van der Waals surface area contributed by atoms with Crippen LogP contribution in [0.1, 0.15) is 28.4 Å². The molecule has 0 bridgehead atoms. The molecule has 0 unspecified atom stereocenters. The Morgan fingerprint density at radius 2 is 1.91 bits per heavy atom. The molecule has 1 aromatic heterocycles. The first-order valence-corrected chi connectivity index (χ1v) is 12.6. The summed E-state index contributed by atoms with van der Waals surface area (Å²) in [5.74, 6) is 0.303. The average Bonchev–Trinajstić information content (AvgIpc) is 3.37. The summed E-state index contributed by atoms with van der Waals surface area (Å²) in [5.41, 5.74) is 5.58. The van der Waals surface area contributed by atoms with Crippen LogP contribution in [-0.4, -0.2) is 28.6 Å². The molecule has 4 aromatic rings. The SMILES string of the molecule is Cc1ccc(C(=O)Nc2ccc3nc(SCC(=O)N4c5ccccc5C[C@H]4C)sc3c2)cc1. The topological polar surface area (TPSA) is 62.3 Å². The highest BCUT2D eigenvalue weighted by molar-refractivity contribution is 8.01. The lowest BCUT2D eigenvalue weighted by Crippen LogP contribution is -2.36. The zero-order valence-corrected chi connectivity index (χ0v) is 20.0. The van der Waals surface area contributed by atoms with Gasteiger partial charge in [0, 0.05) is 23.0 Å². The maximum Gasteiger partial charge on any atom is 0.255 e. The number of anilines is 2. The molecule has 0 aliphatic carbocycles. The molecule has 166 valence electrons. The molecule has 0 saturated carbocycles.